The zero-order chi connectivity index (χ0) is 16.6. The number of hydrogen-bond acceptors (Lipinski definition) is 6. The van der Waals surface area contributed by atoms with Crippen molar-refractivity contribution in [2.75, 3.05) is 39.4 Å². The predicted octanol–water partition coefficient (Wildman–Crippen LogP) is 0.608. The number of rotatable bonds is 4. The van der Waals surface area contributed by atoms with Crippen molar-refractivity contribution in [1.29, 1.82) is 0 Å². The molecule has 2 aliphatic rings. The van der Waals surface area contributed by atoms with E-state index in [0.717, 1.165) is 19.2 Å². The average molecular weight is 341 g/mol. The summed E-state index contributed by atoms with van der Waals surface area (Å²) >= 11 is 0. The van der Waals surface area contributed by atoms with Gasteiger partial charge in [-0.05, 0) is 12.5 Å². The standard InChI is InChI=1S/C14H19N3O5S/c1-11-2-3-12(17(18)19)8-14(11)23(20,21)16-9-13(10-16)15-4-6-22-7-5-15/h2-3,8,13H,4-7,9-10H2,1H3. The maximum atomic E-state index is 12.7. The lowest BCUT2D eigenvalue weighted by atomic mass is 10.1. The van der Waals surface area contributed by atoms with Crippen LogP contribution in [0.1, 0.15) is 5.56 Å². The van der Waals surface area contributed by atoms with Gasteiger partial charge in [-0.2, -0.15) is 4.31 Å². The van der Waals surface area contributed by atoms with Crippen molar-refractivity contribution in [3.63, 3.8) is 0 Å². The first-order valence-electron chi connectivity index (χ1n) is 7.46. The topological polar surface area (TPSA) is 93.0 Å². The van der Waals surface area contributed by atoms with E-state index >= 15 is 0 Å². The minimum absolute atomic E-state index is 0.0205. The molecule has 0 bridgehead atoms. The SMILES string of the molecule is Cc1ccc([N+](=O)[O-])cc1S(=O)(=O)N1CC(N2CCOCC2)C1. The molecule has 1 aromatic rings. The van der Waals surface area contributed by atoms with Gasteiger partial charge in [-0.25, -0.2) is 8.42 Å². The minimum atomic E-state index is -3.69. The molecule has 8 nitrogen and oxygen atoms in total. The molecule has 1 aromatic carbocycles. The Labute approximate surface area is 134 Å². The average Bonchev–Trinajstić information content (AvgIpc) is 2.46. The van der Waals surface area contributed by atoms with Crippen molar-refractivity contribution >= 4 is 15.7 Å². The summed E-state index contributed by atoms with van der Waals surface area (Å²) in [5.74, 6) is 0. The van der Waals surface area contributed by atoms with E-state index in [1.165, 1.54) is 16.4 Å². The van der Waals surface area contributed by atoms with Crippen molar-refractivity contribution in [3.05, 3.63) is 33.9 Å². The van der Waals surface area contributed by atoms with E-state index in [9.17, 15) is 18.5 Å². The summed E-state index contributed by atoms with van der Waals surface area (Å²) in [6.07, 6.45) is 0. The van der Waals surface area contributed by atoms with Gasteiger partial charge in [0, 0.05) is 44.4 Å². The highest BCUT2D eigenvalue weighted by atomic mass is 32.2. The molecule has 0 aromatic heterocycles. The van der Waals surface area contributed by atoms with Gasteiger partial charge in [-0.3, -0.25) is 15.0 Å². The van der Waals surface area contributed by atoms with Crippen LogP contribution in [0.15, 0.2) is 23.1 Å². The number of benzene rings is 1. The fourth-order valence-corrected chi connectivity index (χ4v) is 4.67. The quantitative estimate of drug-likeness (QED) is 0.588. The molecule has 0 aliphatic carbocycles. The molecular formula is C14H19N3O5S. The van der Waals surface area contributed by atoms with Gasteiger partial charge in [0.05, 0.1) is 23.0 Å². The highest BCUT2D eigenvalue weighted by Crippen LogP contribution is 2.29. The number of sulfonamides is 1. The first kappa shape index (κ1) is 16.3. The molecule has 0 N–H and O–H groups in total. The summed E-state index contributed by atoms with van der Waals surface area (Å²) in [4.78, 5) is 12.6. The maximum Gasteiger partial charge on any atom is 0.270 e. The largest absolute Gasteiger partial charge is 0.379 e. The molecule has 2 fully saturated rings. The van der Waals surface area contributed by atoms with Crippen LogP contribution in [-0.4, -0.2) is 68.0 Å². The summed E-state index contributed by atoms with van der Waals surface area (Å²) < 4.78 is 32.1. The number of ether oxygens (including phenoxy) is 1. The summed E-state index contributed by atoms with van der Waals surface area (Å²) in [5, 5.41) is 10.9. The summed E-state index contributed by atoms with van der Waals surface area (Å²) in [7, 11) is -3.69. The third-order valence-electron chi connectivity index (χ3n) is 4.39. The Morgan fingerprint density at radius 3 is 2.52 bits per heavy atom. The molecule has 0 saturated carbocycles. The number of morpholine rings is 1. The van der Waals surface area contributed by atoms with Crippen molar-refractivity contribution in [3.8, 4) is 0 Å². The molecule has 0 amide bonds. The molecule has 126 valence electrons. The normalized spacial score (nSPS) is 21.1. The predicted molar refractivity (Wildman–Crippen MR) is 82.8 cm³/mol. The third-order valence-corrected chi connectivity index (χ3v) is 6.36. The van der Waals surface area contributed by atoms with E-state index in [1.54, 1.807) is 6.92 Å². The number of hydrogen-bond donors (Lipinski definition) is 0. The van der Waals surface area contributed by atoms with Crippen LogP contribution in [0.4, 0.5) is 5.69 Å². The van der Waals surface area contributed by atoms with E-state index < -0.39 is 14.9 Å². The molecule has 2 heterocycles. The molecule has 3 rings (SSSR count). The van der Waals surface area contributed by atoms with Crippen molar-refractivity contribution in [2.24, 2.45) is 0 Å². The summed E-state index contributed by atoms with van der Waals surface area (Å²) in [5.41, 5.74) is 0.310. The molecule has 23 heavy (non-hydrogen) atoms. The molecule has 0 atom stereocenters. The number of nitro groups is 1. The Balaban J connectivity index is 1.75. The van der Waals surface area contributed by atoms with E-state index in [1.807, 2.05) is 0 Å². The minimum Gasteiger partial charge on any atom is -0.379 e. The van der Waals surface area contributed by atoms with Crippen molar-refractivity contribution < 1.29 is 18.1 Å². The second kappa shape index (κ2) is 6.16. The van der Waals surface area contributed by atoms with Gasteiger partial charge in [-0.1, -0.05) is 6.07 Å². The monoisotopic (exact) mass is 341 g/mol. The number of aryl methyl sites for hydroxylation is 1. The molecular weight excluding hydrogens is 322 g/mol. The molecule has 0 spiro atoms. The third kappa shape index (κ3) is 3.09. The van der Waals surface area contributed by atoms with Gasteiger partial charge in [0.15, 0.2) is 0 Å². The molecule has 0 radical (unpaired) electrons. The smallest absolute Gasteiger partial charge is 0.270 e. The van der Waals surface area contributed by atoms with Crippen LogP contribution < -0.4 is 0 Å². The van der Waals surface area contributed by atoms with E-state index in [4.69, 9.17) is 4.74 Å². The van der Waals surface area contributed by atoms with Gasteiger partial charge in [0.25, 0.3) is 5.69 Å². The van der Waals surface area contributed by atoms with Gasteiger partial charge < -0.3 is 4.74 Å². The number of nitrogens with zero attached hydrogens (tertiary/aromatic N) is 3. The fourth-order valence-electron chi connectivity index (χ4n) is 2.91. The van der Waals surface area contributed by atoms with Gasteiger partial charge in [0.1, 0.15) is 0 Å². The fraction of sp³-hybridized carbons (Fsp3) is 0.571. The Kier molecular flexibility index (Phi) is 4.37. The lowest BCUT2D eigenvalue weighted by molar-refractivity contribution is -0.385. The zero-order valence-corrected chi connectivity index (χ0v) is 13.7. The first-order valence-corrected chi connectivity index (χ1v) is 8.90. The Bertz CT molecular complexity index is 709. The summed E-state index contributed by atoms with van der Waals surface area (Å²) in [6.45, 7) is 5.47. The highest BCUT2D eigenvalue weighted by molar-refractivity contribution is 7.89. The number of non-ortho nitro benzene ring substituents is 1. The van der Waals surface area contributed by atoms with Crippen LogP contribution in [0.2, 0.25) is 0 Å². The first-order chi connectivity index (χ1) is 10.9. The second-order valence-electron chi connectivity index (χ2n) is 5.83. The molecule has 0 unspecified atom stereocenters. The van der Waals surface area contributed by atoms with Crippen LogP contribution in [0.25, 0.3) is 0 Å². The van der Waals surface area contributed by atoms with E-state index in [0.29, 0.717) is 31.9 Å². The lowest BCUT2D eigenvalue weighted by Crippen LogP contribution is -2.62. The zero-order valence-electron chi connectivity index (χ0n) is 12.8. The van der Waals surface area contributed by atoms with Gasteiger partial charge in [-0.15, -0.1) is 0 Å². The molecule has 2 aliphatic heterocycles. The van der Waals surface area contributed by atoms with Crippen LogP contribution in [0.5, 0.6) is 0 Å². The summed E-state index contributed by atoms with van der Waals surface area (Å²) in [6, 6.07) is 4.14. The van der Waals surface area contributed by atoms with Crippen LogP contribution in [0, 0.1) is 17.0 Å². The van der Waals surface area contributed by atoms with Crippen molar-refractivity contribution in [1.82, 2.24) is 9.21 Å². The second-order valence-corrected chi connectivity index (χ2v) is 7.74. The highest BCUT2D eigenvalue weighted by Gasteiger charge is 2.40. The van der Waals surface area contributed by atoms with Gasteiger partial charge >= 0.3 is 0 Å². The Hall–Kier alpha value is -1.55. The molecule has 9 heteroatoms. The van der Waals surface area contributed by atoms with Crippen LogP contribution >= 0.6 is 0 Å². The van der Waals surface area contributed by atoms with Crippen molar-refractivity contribution in [2.45, 2.75) is 17.9 Å². The number of nitro benzene ring substituents is 1. The van der Waals surface area contributed by atoms with E-state index in [2.05, 4.69) is 4.90 Å². The van der Waals surface area contributed by atoms with E-state index in [-0.39, 0.29) is 16.6 Å². The Morgan fingerprint density at radius 2 is 1.91 bits per heavy atom. The van der Waals surface area contributed by atoms with Crippen LogP contribution in [-0.2, 0) is 14.8 Å². The maximum absolute atomic E-state index is 12.7. The van der Waals surface area contributed by atoms with Crippen LogP contribution in [0.3, 0.4) is 0 Å². The Morgan fingerprint density at radius 1 is 1.26 bits per heavy atom. The van der Waals surface area contributed by atoms with Gasteiger partial charge in [0.2, 0.25) is 10.0 Å². The molecule has 2 saturated heterocycles. The lowest BCUT2D eigenvalue weighted by Gasteiger charge is -2.45.